The van der Waals surface area contributed by atoms with Crippen LogP contribution in [0.5, 0.6) is 0 Å². The number of nitrogens with one attached hydrogen (secondary N) is 2. The number of anilines is 1. The Morgan fingerprint density at radius 3 is 2.73 bits per heavy atom. The molecule has 0 fully saturated rings. The zero-order valence-electron chi connectivity index (χ0n) is 15.4. The van der Waals surface area contributed by atoms with Gasteiger partial charge in [-0.3, -0.25) is 19.0 Å². The normalized spacial score (nSPS) is 15.2. The number of hydrogen-bond acceptors (Lipinski definition) is 4. The molecule has 0 radical (unpaired) electrons. The van der Waals surface area contributed by atoms with E-state index in [0.717, 1.165) is 10.0 Å². The van der Waals surface area contributed by atoms with E-state index in [0.29, 0.717) is 29.6 Å². The lowest BCUT2D eigenvalue weighted by molar-refractivity contribution is -0.117. The lowest BCUT2D eigenvalue weighted by atomic mass is 9.96. The molecule has 0 aliphatic carbocycles. The van der Waals surface area contributed by atoms with Crippen molar-refractivity contribution in [2.24, 2.45) is 0 Å². The summed E-state index contributed by atoms with van der Waals surface area (Å²) in [4.78, 5) is 51.0. The third-order valence-electron chi connectivity index (χ3n) is 5.07. The van der Waals surface area contributed by atoms with Gasteiger partial charge in [0.1, 0.15) is 0 Å². The first-order valence-electron chi connectivity index (χ1n) is 9.04. The smallest absolute Gasteiger partial charge is 0.337 e. The highest BCUT2D eigenvalue weighted by Gasteiger charge is 2.26. The lowest BCUT2D eigenvalue weighted by Crippen LogP contribution is -2.41. The van der Waals surface area contributed by atoms with Gasteiger partial charge in [-0.25, -0.2) is 4.79 Å². The van der Waals surface area contributed by atoms with Crippen molar-refractivity contribution >= 4 is 56.1 Å². The summed E-state index contributed by atoms with van der Waals surface area (Å²) in [6.07, 6.45) is 1.15. The van der Waals surface area contributed by atoms with Gasteiger partial charge in [0.15, 0.2) is 0 Å². The molecule has 1 amide bonds. The van der Waals surface area contributed by atoms with Gasteiger partial charge in [-0.15, -0.1) is 0 Å². The molecule has 2 heterocycles. The number of rotatable bonds is 4. The number of benzene rings is 2. The average molecular weight is 493 g/mol. The van der Waals surface area contributed by atoms with Crippen LogP contribution in [0.1, 0.15) is 34.8 Å². The topological polar surface area (TPSA) is 121 Å². The average Bonchev–Trinajstić information content (AvgIpc) is 2.66. The number of aryl methyl sites for hydroxylation is 1. The van der Waals surface area contributed by atoms with Gasteiger partial charge in [-0.05, 0) is 48.7 Å². The Kier molecular flexibility index (Phi) is 5.25. The fourth-order valence-corrected chi connectivity index (χ4v) is 4.56. The van der Waals surface area contributed by atoms with Crippen molar-refractivity contribution in [1.29, 1.82) is 0 Å². The van der Waals surface area contributed by atoms with E-state index in [1.54, 1.807) is 6.07 Å². The van der Waals surface area contributed by atoms with Crippen molar-refractivity contribution in [2.75, 3.05) is 5.32 Å². The van der Waals surface area contributed by atoms with Crippen LogP contribution in [0.2, 0.25) is 5.02 Å². The number of carboxylic acids is 1. The van der Waals surface area contributed by atoms with E-state index < -0.39 is 23.1 Å². The molecule has 10 heteroatoms. The minimum absolute atomic E-state index is 0.00462. The molecule has 3 aromatic rings. The fourth-order valence-electron chi connectivity index (χ4n) is 3.80. The predicted molar refractivity (Wildman–Crippen MR) is 116 cm³/mol. The largest absolute Gasteiger partial charge is 0.478 e. The van der Waals surface area contributed by atoms with Crippen LogP contribution in [0, 0.1) is 0 Å². The number of carbonyl (C=O) groups is 2. The highest BCUT2D eigenvalue weighted by Crippen LogP contribution is 2.32. The molecule has 1 aliphatic rings. The Labute approximate surface area is 182 Å². The van der Waals surface area contributed by atoms with Crippen molar-refractivity contribution in [1.82, 2.24) is 9.55 Å². The molecule has 0 saturated carbocycles. The van der Waals surface area contributed by atoms with Gasteiger partial charge in [0.25, 0.3) is 0 Å². The van der Waals surface area contributed by atoms with E-state index in [-0.39, 0.29) is 22.9 Å². The fraction of sp³-hybridized carbons (Fsp3) is 0.200. The van der Waals surface area contributed by atoms with E-state index in [9.17, 15) is 19.2 Å². The summed E-state index contributed by atoms with van der Waals surface area (Å²) in [6.45, 7) is 0. The highest BCUT2D eigenvalue weighted by molar-refractivity contribution is 9.10. The number of nitrogens with zero attached hydrogens (tertiary/aromatic N) is 1. The minimum Gasteiger partial charge on any atom is -0.478 e. The molecular weight excluding hydrogens is 478 g/mol. The number of halogens is 2. The first-order chi connectivity index (χ1) is 14.2. The molecule has 8 nitrogen and oxygen atoms in total. The van der Waals surface area contributed by atoms with Gasteiger partial charge < -0.3 is 15.4 Å². The molecule has 1 aromatic heterocycles. The third kappa shape index (κ3) is 3.66. The van der Waals surface area contributed by atoms with E-state index in [2.05, 4.69) is 26.2 Å². The molecule has 0 bridgehead atoms. The van der Waals surface area contributed by atoms with E-state index >= 15 is 0 Å². The van der Waals surface area contributed by atoms with E-state index in [1.165, 1.54) is 22.8 Å². The van der Waals surface area contributed by atoms with Crippen LogP contribution in [0.3, 0.4) is 0 Å². The van der Waals surface area contributed by atoms with Crippen LogP contribution < -0.4 is 16.4 Å². The number of H-pyrrole nitrogens is 1. The number of amides is 1. The second-order valence-electron chi connectivity index (χ2n) is 7.03. The molecule has 30 heavy (non-hydrogen) atoms. The molecule has 1 atom stereocenters. The molecule has 4 rings (SSSR count). The molecule has 2 aromatic carbocycles. The molecule has 0 saturated heterocycles. The molecule has 0 spiro atoms. The summed E-state index contributed by atoms with van der Waals surface area (Å²) in [5, 5.41) is 11.7. The summed E-state index contributed by atoms with van der Waals surface area (Å²) in [6, 6.07) is 7.25. The maximum Gasteiger partial charge on any atom is 0.337 e. The lowest BCUT2D eigenvalue weighted by Gasteiger charge is -2.27. The molecule has 1 unspecified atom stereocenters. The SMILES string of the molecule is O=C(CC1CCc2cc(Br)cc3[nH]c(=O)c(=O)n1c23)Nc1ccc(C(=O)O)c(Cl)c1. The van der Waals surface area contributed by atoms with Crippen molar-refractivity contribution in [3.63, 3.8) is 0 Å². The van der Waals surface area contributed by atoms with Crippen LogP contribution in [-0.2, 0) is 11.2 Å². The summed E-state index contributed by atoms with van der Waals surface area (Å²) >= 11 is 9.35. The number of hydrogen-bond donors (Lipinski definition) is 3. The first-order valence-corrected chi connectivity index (χ1v) is 10.2. The standard InChI is InChI=1S/C20H15BrClN3O5/c21-10-5-9-1-3-12(25-17(9)15(6-10)24-18(27)19(25)28)8-16(26)23-11-2-4-13(20(29)30)14(22)7-11/h2,4-7,12H,1,3,8H2,(H,23,26)(H,24,27)(H,29,30). The van der Waals surface area contributed by atoms with Gasteiger partial charge in [-0.2, -0.15) is 0 Å². The summed E-state index contributed by atoms with van der Waals surface area (Å²) in [5.74, 6) is -1.54. The van der Waals surface area contributed by atoms with Crippen LogP contribution >= 0.6 is 27.5 Å². The van der Waals surface area contributed by atoms with Crippen molar-refractivity contribution in [2.45, 2.75) is 25.3 Å². The maximum atomic E-state index is 12.6. The van der Waals surface area contributed by atoms with Gasteiger partial charge in [0, 0.05) is 22.6 Å². The number of carbonyl (C=O) groups excluding carboxylic acids is 1. The van der Waals surface area contributed by atoms with Crippen molar-refractivity contribution in [3.8, 4) is 0 Å². The summed E-state index contributed by atoms with van der Waals surface area (Å²) in [5.41, 5.74) is 0.916. The van der Waals surface area contributed by atoms with Crippen molar-refractivity contribution < 1.29 is 14.7 Å². The molecular formula is C20H15BrClN3O5. The maximum absolute atomic E-state index is 12.6. The number of carboxylic acid groups (broad SMARTS) is 1. The van der Waals surface area contributed by atoms with Gasteiger partial charge >= 0.3 is 17.1 Å². The Morgan fingerprint density at radius 1 is 1.27 bits per heavy atom. The van der Waals surface area contributed by atoms with Gasteiger partial charge in [-0.1, -0.05) is 27.5 Å². The molecule has 1 aliphatic heterocycles. The minimum atomic E-state index is -1.16. The highest BCUT2D eigenvalue weighted by atomic mass is 79.9. The Hall–Kier alpha value is -2.91. The first kappa shape index (κ1) is 20.4. The number of aromatic nitrogens is 2. The van der Waals surface area contributed by atoms with E-state index in [4.69, 9.17) is 16.7 Å². The van der Waals surface area contributed by atoms with Crippen LogP contribution in [0.25, 0.3) is 11.0 Å². The Balaban J connectivity index is 1.64. The predicted octanol–water partition coefficient (Wildman–Crippen LogP) is 3.32. The van der Waals surface area contributed by atoms with E-state index in [1.807, 2.05) is 6.07 Å². The summed E-state index contributed by atoms with van der Waals surface area (Å²) < 4.78 is 2.20. The Morgan fingerprint density at radius 2 is 2.03 bits per heavy atom. The van der Waals surface area contributed by atoms with Gasteiger partial charge in [0.2, 0.25) is 5.91 Å². The Bertz CT molecular complexity index is 1330. The van der Waals surface area contributed by atoms with Crippen molar-refractivity contribution in [3.05, 3.63) is 71.7 Å². The number of aromatic carboxylic acids is 1. The monoisotopic (exact) mass is 491 g/mol. The van der Waals surface area contributed by atoms with Crippen LogP contribution in [0.15, 0.2) is 44.4 Å². The van der Waals surface area contributed by atoms with Gasteiger partial charge in [0.05, 0.1) is 21.6 Å². The van der Waals surface area contributed by atoms with Crippen LogP contribution in [-0.4, -0.2) is 26.5 Å². The quantitative estimate of drug-likeness (QED) is 0.483. The summed E-state index contributed by atoms with van der Waals surface area (Å²) in [7, 11) is 0. The second-order valence-corrected chi connectivity index (χ2v) is 8.36. The molecule has 154 valence electrons. The zero-order chi connectivity index (χ0) is 21.6. The molecule has 3 N–H and O–H groups in total. The zero-order valence-corrected chi connectivity index (χ0v) is 17.7. The second kappa shape index (κ2) is 7.73. The number of aromatic amines is 1. The third-order valence-corrected chi connectivity index (χ3v) is 5.84. The van der Waals surface area contributed by atoms with Crippen LogP contribution in [0.4, 0.5) is 5.69 Å².